The Morgan fingerprint density at radius 2 is 1.85 bits per heavy atom. The van der Waals surface area contributed by atoms with Crippen LogP contribution in [-0.4, -0.2) is 11.7 Å². The highest BCUT2D eigenvalue weighted by Gasteiger charge is 2.40. The molecule has 0 aromatic heterocycles. The van der Waals surface area contributed by atoms with Crippen molar-refractivity contribution >= 4 is 0 Å². The molecule has 0 amide bonds. The molecule has 0 aromatic carbocycles. The number of aliphatic hydroxyl groups is 1. The summed E-state index contributed by atoms with van der Waals surface area (Å²) in [6.45, 7) is 0.411. The molecule has 1 N–H and O–H groups in total. The van der Waals surface area contributed by atoms with Gasteiger partial charge in [0.05, 0.1) is 0 Å². The van der Waals surface area contributed by atoms with Gasteiger partial charge in [-0.15, -0.1) is 0 Å². The lowest BCUT2D eigenvalue weighted by molar-refractivity contribution is 0.209. The Hall–Kier alpha value is -0.300. The van der Waals surface area contributed by atoms with E-state index in [1.54, 1.807) is 5.57 Å². The summed E-state index contributed by atoms with van der Waals surface area (Å²) in [4.78, 5) is 0. The molecule has 1 heteroatoms. The first-order valence-corrected chi connectivity index (χ1v) is 5.71. The lowest BCUT2D eigenvalue weighted by Gasteiger charge is -2.29. The Morgan fingerprint density at radius 1 is 1.08 bits per heavy atom. The molecule has 0 radical (unpaired) electrons. The molecule has 72 valence electrons. The van der Waals surface area contributed by atoms with Crippen LogP contribution in [0.2, 0.25) is 0 Å². The minimum Gasteiger partial charge on any atom is -0.396 e. The Balaban J connectivity index is 1.86. The molecule has 3 aliphatic carbocycles. The zero-order valence-corrected chi connectivity index (χ0v) is 8.13. The minimum absolute atomic E-state index is 0.411. The Labute approximate surface area is 79.8 Å². The second-order valence-corrected chi connectivity index (χ2v) is 5.05. The molecule has 3 rings (SSSR count). The molecule has 0 aromatic rings. The van der Waals surface area contributed by atoms with E-state index in [0.29, 0.717) is 12.5 Å². The summed E-state index contributed by atoms with van der Waals surface area (Å²) < 4.78 is 0. The predicted molar refractivity (Wildman–Crippen MR) is 52.3 cm³/mol. The van der Waals surface area contributed by atoms with Gasteiger partial charge in [0.2, 0.25) is 0 Å². The summed E-state index contributed by atoms with van der Waals surface area (Å²) in [5, 5.41) is 9.16. The fourth-order valence-corrected chi connectivity index (χ4v) is 3.73. The van der Waals surface area contributed by atoms with Gasteiger partial charge in [-0.2, -0.15) is 0 Å². The molecular weight excluding hydrogens is 160 g/mol. The van der Waals surface area contributed by atoms with Crippen molar-refractivity contribution in [2.75, 3.05) is 6.61 Å². The molecule has 0 heterocycles. The number of hydrogen-bond donors (Lipinski definition) is 1. The minimum atomic E-state index is 0.411. The lowest BCUT2D eigenvalue weighted by atomic mass is 9.78. The quantitative estimate of drug-likeness (QED) is 0.612. The van der Waals surface area contributed by atoms with Crippen LogP contribution in [0.4, 0.5) is 0 Å². The van der Waals surface area contributed by atoms with Crippen LogP contribution >= 0.6 is 0 Å². The van der Waals surface area contributed by atoms with Crippen LogP contribution < -0.4 is 0 Å². The summed E-state index contributed by atoms with van der Waals surface area (Å²) in [5.74, 6) is 2.51. The van der Waals surface area contributed by atoms with Crippen LogP contribution in [0.3, 0.4) is 0 Å². The monoisotopic (exact) mass is 178 g/mol. The first-order chi connectivity index (χ1) is 6.38. The molecule has 3 aliphatic rings. The van der Waals surface area contributed by atoms with Crippen molar-refractivity contribution in [3.63, 3.8) is 0 Å². The van der Waals surface area contributed by atoms with Crippen LogP contribution in [0, 0.1) is 17.8 Å². The Kier molecular flexibility index (Phi) is 1.76. The van der Waals surface area contributed by atoms with Gasteiger partial charge in [0.25, 0.3) is 0 Å². The van der Waals surface area contributed by atoms with Crippen LogP contribution in [0.5, 0.6) is 0 Å². The molecule has 1 saturated carbocycles. The van der Waals surface area contributed by atoms with Crippen LogP contribution in [0.25, 0.3) is 0 Å². The average molecular weight is 178 g/mol. The van der Waals surface area contributed by atoms with E-state index in [9.17, 15) is 0 Å². The molecule has 1 nitrogen and oxygen atoms in total. The van der Waals surface area contributed by atoms with Gasteiger partial charge >= 0.3 is 0 Å². The average Bonchev–Trinajstić information content (AvgIpc) is 2.77. The second-order valence-electron chi connectivity index (χ2n) is 5.05. The van der Waals surface area contributed by atoms with Crippen molar-refractivity contribution in [2.24, 2.45) is 17.8 Å². The van der Waals surface area contributed by atoms with Gasteiger partial charge in [-0.1, -0.05) is 11.1 Å². The van der Waals surface area contributed by atoms with E-state index in [2.05, 4.69) is 0 Å². The largest absolute Gasteiger partial charge is 0.396 e. The predicted octanol–water partition coefficient (Wildman–Crippen LogP) is 2.51. The van der Waals surface area contributed by atoms with Gasteiger partial charge in [0.15, 0.2) is 0 Å². The van der Waals surface area contributed by atoms with Gasteiger partial charge in [-0.3, -0.25) is 0 Å². The maximum Gasteiger partial charge on any atom is 0.0462 e. The van der Waals surface area contributed by atoms with Gasteiger partial charge in [0.1, 0.15) is 0 Å². The molecule has 0 saturated heterocycles. The summed E-state index contributed by atoms with van der Waals surface area (Å²) in [6, 6.07) is 0. The Morgan fingerprint density at radius 3 is 2.62 bits per heavy atom. The number of rotatable bonds is 1. The van der Waals surface area contributed by atoms with Gasteiger partial charge < -0.3 is 5.11 Å². The number of hydrogen-bond acceptors (Lipinski definition) is 1. The first-order valence-electron chi connectivity index (χ1n) is 5.71. The summed E-state index contributed by atoms with van der Waals surface area (Å²) in [6.07, 6.45) is 8.16. The fourth-order valence-electron chi connectivity index (χ4n) is 3.73. The third-order valence-electron chi connectivity index (χ3n) is 4.42. The summed E-state index contributed by atoms with van der Waals surface area (Å²) >= 11 is 0. The van der Waals surface area contributed by atoms with Crippen LogP contribution in [-0.2, 0) is 0 Å². The third kappa shape index (κ3) is 1.10. The molecule has 0 spiro atoms. The van der Waals surface area contributed by atoms with E-state index in [1.807, 2.05) is 5.57 Å². The van der Waals surface area contributed by atoms with Crippen molar-refractivity contribution in [1.82, 2.24) is 0 Å². The normalized spacial score (nSPS) is 42.7. The standard InChI is InChI=1S/C12H18O/c13-7-8-1-4-11-9-2-3-10(6-9)12(11)5-8/h8-10,13H,1-7H2. The molecule has 3 unspecified atom stereocenters. The Bertz CT molecular complexity index is 254. The zero-order chi connectivity index (χ0) is 8.84. The zero-order valence-electron chi connectivity index (χ0n) is 8.13. The maximum atomic E-state index is 9.16. The van der Waals surface area contributed by atoms with Gasteiger partial charge in [-0.05, 0) is 56.3 Å². The summed E-state index contributed by atoms with van der Waals surface area (Å²) in [7, 11) is 0. The van der Waals surface area contributed by atoms with E-state index in [0.717, 1.165) is 11.8 Å². The van der Waals surface area contributed by atoms with E-state index in [-0.39, 0.29) is 0 Å². The highest BCUT2D eigenvalue weighted by atomic mass is 16.3. The van der Waals surface area contributed by atoms with Crippen molar-refractivity contribution < 1.29 is 5.11 Å². The van der Waals surface area contributed by atoms with E-state index in [4.69, 9.17) is 5.11 Å². The number of allylic oxidation sites excluding steroid dienone is 2. The number of fused-ring (bicyclic) bond motifs is 4. The fraction of sp³-hybridized carbons (Fsp3) is 0.833. The SMILES string of the molecule is OCC1CCC2=C(C1)C1CCC2C1. The van der Waals surface area contributed by atoms with Crippen LogP contribution in [0.1, 0.15) is 38.5 Å². The molecule has 0 aliphatic heterocycles. The lowest BCUT2D eigenvalue weighted by Crippen LogP contribution is -2.17. The molecule has 1 fully saturated rings. The highest BCUT2D eigenvalue weighted by molar-refractivity contribution is 5.31. The van der Waals surface area contributed by atoms with Crippen LogP contribution in [0.15, 0.2) is 11.1 Å². The van der Waals surface area contributed by atoms with Crippen molar-refractivity contribution in [2.45, 2.75) is 38.5 Å². The van der Waals surface area contributed by atoms with Crippen molar-refractivity contribution in [1.29, 1.82) is 0 Å². The van der Waals surface area contributed by atoms with E-state index >= 15 is 0 Å². The third-order valence-corrected chi connectivity index (χ3v) is 4.42. The van der Waals surface area contributed by atoms with Crippen molar-refractivity contribution in [3.8, 4) is 0 Å². The number of aliphatic hydroxyl groups excluding tert-OH is 1. The molecule has 3 atom stereocenters. The molecule has 2 bridgehead atoms. The first kappa shape index (κ1) is 8.05. The maximum absolute atomic E-state index is 9.16. The molecule has 13 heavy (non-hydrogen) atoms. The van der Waals surface area contributed by atoms with Crippen molar-refractivity contribution in [3.05, 3.63) is 11.1 Å². The molecular formula is C12H18O. The second kappa shape index (κ2) is 2.84. The topological polar surface area (TPSA) is 20.2 Å². The van der Waals surface area contributed by atoms with Gasteiger partial charge in [0, 0.05) is 6.61 Å². The highest BCUT2D eigenvalue weighted by Crippen LogP contribution is 2.54. The smallest absolute Gasteiger partial charge is 0.0462 e. The van der Waals surface area contributed by atoms with E-state index in [1.165, 1.54) is 38.5 Å². The van der Waals surface area contributed by atoms with E-state index < -0.39 is 0 Å². The van der Waals surface area contributed by atoms with Gasteiger partial charge in [-0.25, -0.2) is 0 Å². The summed E-state index contributed by atoms with van der Waals surface area (Å²) in [5.41, 5.74) is 3.60.